The van der Waals surface area contributed by atoms with Crippen molar-refractivity contribution in [3.63, 3.8) is 0 Å². The highest BCUT2D eigenvalue weighted by Gasteiger charge is 2.10. The zero-order valence-electron chi connectivity index (χ0n) is 9.39. The third-order valence-electron chi connectivity index (χ3n) is 1.60. The van der Waals surface area contributed by atoms with E-state index in [4.69, 9.17) is 11.6 Å². The van der Waals surface area contributed by atoms with Crippen molar-refractivity contribution in [1.29, 1.82) is 0 Å². The van der Waals surface area contributed by atoms with Gasteiger partial charge in [0, 0.05) is 5.88 Å². The first-order chi connectivity index (χ1) is 5.77. The smallest absolute Gasteiger partial charge is 0.0309 e. The van der Waals surface area contributed by atoms with E-state index in [1.807, 2.05) is 0 Å². The average molecular weight is 201 g/mol. The molecule has 0 rings (SSSR count). The van der Waals surface area contributed by atoms with Crippen LogP contribution >= 0.6 is 11.6 Å². The molecule has 0 atom stereocenters. The first kappa shape index (κ1) is 12.8. The molecule has 0 aliphatic rings. The maximum absolute atomic E-state index is 5.79. The van der Waals surface area contributed by atoms with Gasteiger partial charge in [0.25, 0.3) is 0 Å². The molecule has 0 fully saturated rings. The summed E-state index contributed by atoms with van der Waals surface area (Å²) in [6.45, 7) is 10.8. The minimum atomic E-state index is 0.101. The lowest BCUT2D eigenvalue weighted by atomic mass is 9.94. The van der Waals surface area contributed by atoms with Gasteiger partial charge in [-0.15, -0.1) is 11.6 Å². The first-order valence-electron chi connectivity index (χ1n) is 4.70. The Hall–Kier alpha value is -0.230. The van der Waals surface area contributed by atoms with Crippen LogP contribution in [0.2, 0.25) is 0 Å². The summed E-state index contributed by atoms with van der Waals surface area (Å²) in [5, 5.41) is 0. The van der Waals surface area contributed by atoms with Crippen LogP contribution in [0.25, 0.3) is 0 Å². The van der Waals surface area contributed by atoms with Gasteiger partial charge in [0.15, 0.2) is 0 Å². The molecule has 0 N–H and O–H groups in total. The number of allylic oxidation sites excluding steroid dienone is 4. The van der Waals surface area contributed by atoms with Gasteiger partial charge in [-0.2, -0.15) is 0 Å². The summed E-state index contributed by atoms with van der Waals surface area (Å²) >= 11 is 5.79. The van der Waals surface area contributed by atoms with Crippen LogP contribution in [0.3, 0.4) is 0 Å². The van der Waals surface area contributed by atoms with Gasteiger partial charge in [-0.25, -0.2) is 0 Å². The molecule has 0 unspecified atom stereocenters. The van der Waals surface area contributed by atoms with Crippen LogP contribution in [0.4, 0.5) is 0 Å². The average Bonchev–Trinajstić information content (AvgIpc) is 1.97. The van der Waals surface area contributed by atoms with Gasteiger partial charge in [0.1, 0.15) is 0 Å². The molecule has 0 bridgehead atoms. The van der Waals surface area contributed by atoms with Crippen molar-refractivity contribution in [2.24, 2.45) is 10.8 Å². The number of hydrogen-bond acceptors (Lipinski definition) is 0. The minimum Gasteiger partial charge on any atom is -0.126 e. The Kier molecular flexibility index (Phi) is 4.77. The Morgan fingerprint density at radius 3 is 1.77 bits per heavy atom. The van der Waals surface area contributed by atoms with E-state index in [-0.39, 0.29) is 10.8 Å². The Balaban J connectivity index is 4.09. The van der Waals surface area contributed by atoms with Crippen LogP contribution in [-0.2, 0) is 0 Å². The summed E-state index contributed by atoms with van der Waals surface area (Å²) in [6.07, 6.45) is 8.50. The zero-order chi connectivity index (χ0) is 10.5. The van der Waals surface area contributed by atoms with Gasteiger partial charge in [0.05, 0.1) is 0 Å². The van der Waals surface area contributed by atoms with Crippen LogP contribution in [0.5, 0.6) is 0 Å². The van der Waals surface area contributed by atoms with Crippen LogP contribution in [0.15, 0.2) is 24.3 Å². The van der Waals surface area contributed by atoms with Crippen molar-refractivity contribution in [2.45, 2.75) is 34.6 Å². The Morgan fingerprint density at radius 1 is 0.923 bits per heavy atom. The second kappa shape index (κ2) is 4.85. The van der Waals surface area contributed by atoms with Crippen molar-refractivity contribution >= 4 is 11.6 Å². The maximum Gasteiger partial charge on any atom is 0.0309 e. The molecule has 1 heteroatoms. The molecule has 0 spiro atoms. The van der Waals surface area contributed by atoms with Crippen molar-refractivity contribution in [2.75, 3.05) is 5.88 Å². The molecule has 0 radical (unpaired) electrons. The molecule has 0 saturated carbocycles. The van der Waals surface area contributed by atoms with Crippen LogP contribution in [0.1, 0.15) is 34.6 Å². The van der Waals surface area contributed by atoms with E-state index in [1.165, 1.54) is 0 Å². The normalized spacial score (nSPS) is 14.6. The fourth-order valence-electron chi connectivity index (χ4n) is 0.705. The molecular weight excluding hydrogens is 180 g/mol. The quantitative estimate of drug-likeness (QED) is 0.468. The first-order valence-corrected chi connectivity index (χ1v) is 5.23. The third kappa shape index (κ3) is 8.11. The second-order valence-corrected chi connectivity index (χ2v) is 5.47. The standard InChI is InChI=1S/C12H21Cl/c1-11(2,3)8-6-7-9-12(4,5)10-13/h6-9H,10H2,1-5H3. The lowest BCUT2D eigenvalue weighted by Crippen LogP contribution is -2.08. The van der Waals surface area contributed by atoms with Gasteiger partial charge in [-0.3, -0.25) is 0 Å². The summed E-state index contributed by atoms with van der Waals surface area (Å²) < 4.78 is 0. The van der Waals surface area contributed by atoms with E-state index < -0.39 is 0 Å². The summed E-state index contributed by atoms with van der Waals surface area (Å²) in [4.78, 5) is 0. The molecule has 13 heavy (non-hydrogen) atoms. The molecule has 0 amide bonds. The largest absolute Gasteiger partial charge is 0.126 e. The zero-order valence-corrected chi connectivity index (χ0v) is 10.2. The van der Waals surface area contributed by atoms with Crippen molar-refractivity contribution < 1.29 is 0 Å². The predicted molar refractivity (Wildman–Crippen MR) is 62.2 cm³/mol. The highest BCUT2D eigenvalue weighted by atomic mass is 35.5. The van der Waals surface area contributed by atoms with E-state index in [1.54, 1.807) is 0 Å². The van der Waals surface area contributed by atoms with Crippen molar-refractivity contribution in [3.8, 4) is 0 Å². The molecule has 0 saturated heterocycles. The fourth-order valence-corrected chi connectivity index (χ4v) is 0.794. The van der Waals surface area contributed by atoms with Crippen LogP contribution < -0.4 is 0 Å². The van der Waals surface area contributed by atoms with Crippen molar-refractivity contribution in [3.05, 3.63) is 24.3 Å². The topological polar surface area (TPSA) is 0 Å². The van der Waals surface area contributed by atoms with E-state index in [9.17, 15) is 0 Å². The van der Waals surface area contributed by atoms with E-state index in [0.29, 0.717) is 5.88 Å². The number of rotatable bonds is 3. The van der Waals surface area contributed by atoms with Gasteiger partial charge in [0.2, 0.25) is 0 Å². The predicted octanol–water partition coefficient (Wildman–Crippen LogP) is 4.41. The monoisotopic (exact) mass is 200 g/mol. The number of halogens is 1. The van der Waals surface area contributed by atoms with Gasteiger partial charge >= 0.3 is 0 Å². The summed E-state index contributed by atoms with van der Waals surface area (Å²) in [5.74, 6) is 0.660. The lowest BCUT2D eigenvalue weighted by Gasteiger charge is -2.15. The molecular formula is C12H21Cl. The molecule has 0 aromatic heterocycles. The van der Waals surface area contributed by atoms with Crippen LogP contribution in [0, 0.1) is 10.8 Å². The van der Waals surface area contributed by atoms with E-state index in [2.05, 4.69) is 58.9 Å². The lowest BCUT2D eigenvalue weighted by molar-refractivity contribution is 0.542. The highest BCUT2D eigenvalue weighted by molar-refractivity contribution is 6.18. The van der Waals surface area contributed by atoms with Gasteiger partial charge in [-0.1, -0.05) is 58.9 Å². The van der Waals surface area contributed by atoms with Crippen LogP contribution in [-0.4, -0.2) is 5.88 Å². The van der Waals surface area contributed by atoms with E-state index in [0.717, 1.165) is 0 Å². The van der Waals surface area contributed by atoms with Crippen molar-refractivity contribution in [1.82, 2.24) is 0 Å². The maximum atomic E-state index is 5.79. The molecule has 0 aromatic rings. The molecule has 0 aliphatic heterocycles. The summed E-state index contributed by atoms with van der Waals surface area (Å²) in [5.41, 5.74) is 0.360. The third-order valence-corrected chi connectivity index (χ3v) is 2.29. The SMILES string of the molecule is CC(C)(C)C=CC=CC(C)(C)CCl. The number of hydrogen-bond donors (Lipinski definition) is 0. The van der Waals surface area contributed by atoms with Gasteiger partial charge in [-0.05, 0) is 10.8 Å². The Bertz CT molecular complexity index is 192. The van der Waals surface area contributed by atoms with Gasteiger partial charge < -0.3 is 0 Å². The fraction of sp³-hybridized carbons (Fsp3) is 0.667. The summed E-state index contributed by atoms with van der Waals surface area (Å²) in [7, 11) is 0. The Morgan fingerprint density at radius 2 is 1.38 bits per heavy atom. The molecule has 0 heterocycles. The molecule has 0 aliphatic carbocycles. The summed E-state index contributed by atoms with van der Waals surface area (Å²) in [6, 6.07) is 0. The number of alkyl halides is 1. The molecule has 0 nitrogen and oxygen atoms in total. The molecule has 0 aromatic carbocycles. The van der Waals surface area contributed by atoms with E-state index >= 15 is 0 Å². The highest BCUT2D eigenvalue weighted by Crippen LogP contribution is 2.19. The minimum absolute atomic E-state index is 0.101. The second-order valence-electron chi connectivity index (χ2n) is 5.21. The Labute approximate surface area is 87.7 Å². The molecule has 76 valence electrons.